The van der Waals surface area contributed by atoms with Gasteiger partial charge in [-0.3, -0.25) is 19.0 Å². The fourth-order valence-electron chi connectivity index (χ4n) is 3.79. The number of carbonyl (C=O) groups is 2. The van der Waals surface area contributed by atoms with Gasteiger partial charge >= 0.3 is 0 Å². The zero-order valence-electron chi connectivity index (χ0n) is 15.4. The molecule has 0 bridgehead atoms. The first-order valence-corrected chi connectivity index (χ1v) is 9.11. The van der Waals surface area contributed by atoms with Crippen molar-refractivity contribution in [2.75, 3.05) is 0 Å². The molecule has 0 saturated carbocycles. The Morgan fingerprint density at radius 2 is 1.79 bits per heavy atom. The van der Waals surface area contributed by atoms with Crippen molar-refractivity contribution in [1.29, 1.82) is 0 Å². The first kappa shape index (κ1) is 18.6. The normalized spacial score (nSPS) is 17.6. The van der Waals surface area contributed by atoms with Crippen LogP contribution in [-0.2, 0) is 16.8 Å². The Kier molecular flexibility index (Phi) is 4.50. The van der Waals surface area contributed by atoms with Gasteiger partial charge in [-0.25, -0.2) is 4.39 Å². The van der Waals surface area contributed by atoms with E-state index in [9.17, 15) is 18.8 Å². The first-order chi connectivity index (χ1) is 13.9. The maximum absolute atomic E-state index is 14.1. The standard InChI is InChI=1S/C22H18FN3O3/c23-18-5-3-4-17-16(18)11-12-22(17,21(24)29)25-20(28)14-7-9-15(10-8-14)26-13-2-1-6-19(26)27/h1-10,13H,11-12H2,(H2,24,29)(H,25,28). The Labute approximate surface area is 165 Å². The van der Waals surface area contributed by atoms with Gasteiger partial charge in [-0.2, -0.15) is 0 Å². The number of aromatic nitrogens is 1. The van der Waals surface area contributed by atoms with Crippen molar-refractivity contribution in [3.8, 4) is 5.69 Å². The number of hydrogen-bond donors (Lipinski definition) is 2. The van der Waals surface area contributed by atoms with E-state index in [0.717, 1.165) is 0 Å². The van der Waals surface area contributed by atoms with Crippen LogP contribution in [0.3, 0.4) is 0 Å². The van der Waals surface area contributed by atoms with Crippen LogP contribution in [0.5, 0.6) is 0 Å². The molecular formula is C22H18FN3O3. The summed E-state index contributed by atoms with van der Waals surface area (Å²) in [5.74, 6) is -1.66. The van der Waals surface area contributed by atoms with Gasteiger partial charge in [0.1, 0.15) is 11.4 Å². The fourth-order valence-corrected chi connectivity index (χ4v) is 3.79. The summed E-state index contributed by atoms with van der Waals surface area (Å²) in [7, 11) is 0. The number of amides is 2. The second kappa shape index (κ2) is 7.01. The Morgan fingerprint density at radius 3 is 2.48 bits per heavy atom. The number of halogens is 1. The molecule has 1 aliphatic rings. The fraction of sp³-hybridized carbons (Fsp3) is 0.136. The summed E-state index contributed by atoms with van der Waals surface area (Å²) >= 11 is 0. The van der Waals surface area contributed by atoms with Gasteiger partial charge in [-0.15, -0.1) is 0 Å². The van der Waals surface area contributed by atoms with Gasteiger partial charge in [0.2, 0.25) is 5.91 Å². The molecule has 1 aliphatic carbocycles. The van der Waals surface area contributed by atoms with Gasteiger partial charge in [0.25, 0.3) is 11.5 Å². The maximum Gasteiger partial charge on any atom is 0.255 e. The van der Waals surface area contributed by atoms with Crippen molar-refractivity contribution >= 4 is 11.8 Å². The Hall–Kier alpha value is -3.74. The van der Waals surface area contributed by atoms with Crippen LogP contribution in [-0.4, -0.2) is 16.4 Å². The molecule has 0 radical (unpaired) electrons. The second-order valence-corrected chi connectivity index (χ2v) is 6.95. The molecule has 2 aromatic carbocycles. The van der Waals surface area contributed by atoms with Gasteiger partial charge in [-0.05, 0) is 60.4 Å². The molecule has 1 heterocycles. The molecule has 0 spiro atoms. The van der Waals surface area contributed by atoms with E-state index in [-0.39, 0.29) is 12.0 Å². The van der Waals surface area contributed by atoms with Crippen molar-refractivity contribution in [3.63, 3.8) is 0 Å². The van der Waals surface area contributed by atoms with Crippen LogP contribution in [0.4, 0.5) is 4.39 Å². The lowest BCUT2D eigenvalue weighted by molar-refractivity contribution is -0.124. The average Bonchev–Trinajstić information content (AvgIpc) is 3.10. The van der Waals surface area contributed by atoms with Crippen molar-refractivity contribution in [2.24, 2.45) is 5.73 Å². The first-order valence-electron chi connectivity index (χ1n) is 9.11. The Morgan fingerprint density at radius 1 is 1.03 bits per heavy atom. The molecule has 0 aliphatic heterocycles. The number of rotatable bonds is 4. The highest BCUT2D eigenvalue weighted by atomic mass is 19.1. The van der Waals surface area contributed by atoms with Crippen molar-refractivity contribution in [1.82, 2.24) is 9.88 Å². The van der Waals surface area contributed by atoms with E-state index < -0.39 is 23.2 Å². The number of fused-ring (bicyclic) bond motifs is 1. The van der Waals surface area contributed by atoms with Crippen LogP contribution in [0, 0.1) is 5.82 Å². The average molecular weight is 391 g/mol. The minimum absolute atomic E-state index is 0.193. The molecular weight excluding hydrogens is 373 g/mol. The minimum Gasteiger partial charge on any atom is -0.367 e. The number of nitrogens with one attached hydrogen (secondary N) is 1. The number of benzene rings is 2. The van der Waals surface area contributed by atoms with Gasteiger partial charge in [0.05, 0.1) is 0 Å². The number of pyridine rings is 1. The van der Waals surface area contributed by atoms with Crippen LogP contribution in [0.25, 0.3) is 5.69 Å². The van der Waals surface area contributed by atoms with E-state index in [2.05, 4.69) is 5.32 Å². The van der Waals surface area contributed by atoms with E-state index in [1.54, 1.807) is 48.7 Å². The molecule has 3 N–H and O–H groups in total. The third kappa shape index (κ3) is 3.10. The molecule has 0 fully saturated rings. The number of nitrogens with zero attached hydrogens (tertiary/aromatic N) is 1. The molecule has 1 unspecified atom stereocenters. The number of carbonyl (C=O) groups excluding carboxylic acids is 2. The van der Waals surface area contributed by atoms with Crippen molar-refractivity contribution in [3.05, 3.63) is 99.7 Å². The quantitative estimate of drug-likeness (QED) is 0.713. The second-order valence-electron chi connectivity index (χ2n) is 6.95. The smallest absolute Gasteiger partial charge is 0.255 e. The van der Waals surface area contributed by atoms with Crippen LogP contribution in [0.2, 0.25) is 0 Å². The van der Waals surface area contributed by atoms with Gasteiger partial charge in [0, 0.05) is 23.5 Å². The summed E-state index contributed by atoms with van der Waals surface area (Å²) in [4.78, 5) is 37.1. The third-order valence-electron chi connectivity index (χ3n) is 5.31. The van der Waals surface area contributed by atoms with Crippen LogP contribution >= 0.6 is 0 Å². The lowest BCUT2D eigenvalue weighted by Gasteiger charge is -2.28. The Balaban J connectivity index is 1.64. The summed E-state index contributed by atoms with van der Waals surface area (Å²) in [6.45, 7) is 0. The summed E-state index contributed by atoms with van der Waals surface area (Å²) in [5, 5.41) is 2.71. The Bertz CT molecular complexity index is 1170. The molecule has 3 aromatic rings. The molecule has 4 rings (SSSR count). The molecule has 7 heteroatoms. The van der Waals surface area contributed by atoms with Gasteiger partial charge in [-0.1, -0.05) is 18.2 Å². The highest BCUT2D eigenvalue weighted by Gasteiger charge is 2.46. The monoisotopic (exact) mass is 391 g/mol. The highest BCUT2D eigenvalue weighted by Crippen LogP contribution is 2.38. The SMILES string of the molecule is NC(=O)C1(NC(=O)c2ccc(-n3ccccc3=O)cc2)CCc2c(F)cccc21. The van der Waals surface area contributed by atoms with Crippen molar-refractivity contribution in [2.45, 2.75) is 18.4 Å². The predicted octanol–water partition coefficient (Wildman–Crippen LogP) is 2.03. The largest absolute Gasteiger partial charge is 0.367 e. The third-order valence-corrected chi connectivity index (χ3v) is 5.31. The minimum atomic E-state index is -1.45. The summed E-state index contributed by atoms with van der Waals surface area (Å²) in [5.41, 5.74) is 5.66. The molecule has 6 nitrogen and oxygen atoms in total. The lowest BCUT2D eigenvalue weighted by Crippen LogP contribution is -2.53. The topological polar surface area (TPSA) is 94.2 Å². The van der Waals surface area contributed by atoms with Crippen LogP contribution in [0.1, 0.15) is 27.9 Å². The van der Waals surface area contributed by atoms with E-state index in [1.165, 1.54) is 22.8 Å². The maximum atomic E-state index is 14.1. The highest BCUT2D eigenvalue weighted by molar-refractivity contribution is 6.00. The van der Waals surface area contributed by atoms with E-state index in [1.807, 2.05) is 0 Å². The number of nitrogens with two attached hydrogens (primary N) is 1. The number of primary amides is 1. The number of hydrogen-bond acceptors (Lipinski definition) is 3. The van der Waals surface area contributed by atoms with Gasteiger partial charge in [0.15, 0.2) is 0 Å². The van der Waals surface area contributed by atoms with Gasteiger partial charge < -0.3 is 11.1 Å². The molecule has 29 heavy (non-hydrogen) atoms. The zero-order chi connectivity index (χ0) is 20.6. The summed E-state index contributed by atoms with van der Waals surface area (Å²) < 4.78 is 15.6. The molecule has 2 amide bonds. The van der Waals surface area contributed by atoms with Crippen LogP contribution in [0.15, 0.2) is 71.7 Å². The molecule has 1 atom stereocenters. The van der Waals surface area contributed by atoms with Crippen LogP contribution < -0.4 is 16.6 Å². The zero-order valence-corrected chi connectivity index (χ0v) is 15.4. The molecule has 146 valence electrons. The lowest BCUT2D eigenvalue weighted by atomic mass is 9.90. The van der Waals surface area contributed by atoms with E-state index >= 15 is 0 Å². The molecule has 1 aromatic heterocycles. The van der Waals surface area contributed by atoms with Crippen molar-refractivity contribution < 1.29 is 14.0 Å². The van der Waals surface area contributed by atoms with E-state index in [0.29, 0.717) is 28.8 Å². The summed E-state index contributed by atoms with van der Waals surface area (Å²) in [6.07, 6.45) is 2.13. The predicted molar refractivity (Wildman–Crippen MR) is 105 cm³/mol. The van der Waals surface area contributed by atoms with E-state index in [4.69, 9.17) is 5.73 Å². The summed E-state index contributed by atoms with van der Waals surface area (Å²) in [6, 6.07) is 15.6. The molecule has 0 saturated heterocycles.